The Kier molecular flexibility index (Phi) is 16.2. The van der Waals surface area contributed by atoms with Gasteiger partial charge in [0.2, 0.25) is 0 Å². The van der Waals surface area contributed by atoms with Crippen LogP contribution in [0, 0.1) is 12.8 Å². The lowest BCUT2D eigenvalue weighted by atomic mass is 9.93. The molecule has 2 aromatic rings. The Morgan fingerprint density at radius 1 is 0.860 bits per heavy atom. The van der Waals surface area contributed by atoms with Crippen molar-refractivity contribution < 1.29 is 35.7 Å². The summed E-state index contributed by atoms with van der Waals surface area (Å²) < 4.78 is 57.7. The van der Waals surface area contributed by atoms with Gasteiger partial charge in [0.15, 0.2) is 16.6 Å². The zero-order valence-corrected chi connectivity index (χ0v) is 35.7. The number of methoxy groups -OCH3 is 1. The number of hydrogen-bond donors (Lipinski definition) is 0. The summed E-state index contributed by atoms with van der Waals surface area (Å²) in [6.45, 7) is 27.3. The van der Waals surface area contributed by atoms with Crippen LogP contribution in [0.2, 0.25) is 36.3 Å². The highest BCUT2D eigenvalue weighted by Gasteiger charge is 2.43. The van der Waals surface area contributed by atoms with Gasteiger partial charge in [0, 0.05) is 13.0 Å². The smallest absolute Gasteiger partial charge is 0.338 e. The molecule has 0 saturated heterocycles. The molecule has 0 aliphatic carbocycles. The highest BCUT2D eigenvalue weighted by Crippen LogP contribution is 2.42. The van der Waals surface area contributed by atoms with E-state index in [9.17, 15) is 13.2 Å². The van der Waals surface area contributed by atoms with E-state index in [4.69, 9.17) is 22.5 Å². The van der Waals surface area contributed by atoms with Gasteiger partial charge in [-0.2, -0.15) is 8.42 Å². The molecular weight excluding hydrogens is 685 g/mol. The molecule has 0 amide bonds. The lowest BCUT2D eigenvalue weighted by molar-refractivity contribution is -0.135. The first-order valence-electron chi connectivity index (χ1n) is 17.7. The van der Waals surface area contributed by atoms with Gasteiger partial charge in [0.1, 0.15) is 10.7 Å². The van der Waals surface area contributed by atoms with Crippen LogP contribution in [-0.4, -0.2) is 56.9 Å². The summed E-state index contributed by atoms with van der Waals surface area (Å²) in [5.41, 5.74) is 2.06. The van der Waals surface area contributed by atoms with Crippen LogP contribution >= 0.6 is 0 Å². The zero-order valence-electron chi connectivity index (χ0n) is 32.9. The van der Waals surface area contributed by atoms with Crippen LogP contribution in [0.3, 0.4) is 0 Å². The van der Waals surface area contributed by atoms with Gasteiger partial charge in [-0.1, -0.05) is 96.5 Å². The molecule has 50 heavy (non-hydrogen) atoms. The molecule has 3 atom stereocenters. The molecule has 0 bridgehead atoms. The monoisotopic (exact) mass is 748 g/mol. The van der Waals surface area contributed by atoms with Crippen molar-refractivity contribution in [3.63, 3.8) is 0 Å². The average molecular weight is 749 g/mol. The third-order valence-electron chi connectivity index (χ3n) is 10.1. The van der Waals surface area contributed by atoms with E-state index in [0.29, 0.717) is 19.6 Å². The van der Waals surface area contributed by atoms with Gasteiger partial charge in [-0.15, -0.1) is 0 Å². The summed E-state index contributed by atoms with van der Waals surface area (Å²) in [4.78, 5) is 12.6. The summed E-state index contributed by atoms with van der Waals surface area (Å²) in [5, 5.41) is -0.148. The third kappa shape index (κ3) is 14.0. The van der Waals surface area contributed by atoms with E-state index < -0.39 is 38.8 Å². The SMILES string of the molecule is COC(=O)/C=C(\C[C@@H](C[C@H](O[Si](C)(C)C(C)(C)C)[C@@H](C)CCCOCc1ccccc1)O[Si](C)(C)C(C)(C)C)OS(=O)(=O)c1ccc(C)cc1. The summed E-state index contributed by atoms with van der Waals surface area (Å²) in [5.74, 6) is -0.586. The van der Waals surface area contributed by atoms with Crippen molar-refractivity contribution in [1.29, 1.82) is 0 Å². The van der Waals surface area contributed by atoms with E-state index in [1.54, 1.807) is 12.1 Å². The fraction of sp³-hybridized carbons (Fsp3) is 0.615. The first kappa shape index (κ1) is 43.9. The summed E-state index contributed by atoms with van der Waals surface area (Å²) in [6, 6.07) is 16.6. The first-order chi connectivity index (χ1) is 23.0. The summed E-state index contributed by atoms with van der Waals surface area (Å²) in [6.07, 6.45) is 2.73. The van der Waals surface area contributed by atoms with E-state index in [1.165, 1.54) is 19.2 Å². The second kappa shape index (κ2) is 18.5. The largest absolute Gasteiger partial charge is 0.466 e. The Hall–Kier alpha value is -2.29. The molecular formula is C39H64O8SSi2. The lowest BCUT2D eigenvalue weighted by Crippen LogP contribution is -2.48. The lowest BCUT2D eigenvalue weighted by Gasteiger charge is -2.44. The van der Waals surface area contributed by atoms with Gasteiger partial charge in [0.05, 0.1) is 32.0 Å². The Morgan fingerprint density at radius 3 is 1.96 bits per heavy atom. The average Bonchev–Trinajstić information content (AvgIpc) is 2.99. The number of aryl methyl sites for hydroxylation is 1. The summed E-state index contributed by atoms with van der Waals surface area (Å²) in [7, 11) is -7.62. The first-order valence-corrected chi connectivity index (χ1v) is 25.0. The molecule has 0 aromatic heterocycles. The van der Waals surface area contributed by atoms with Crippen molar-refractivity contribution in [3.05, 3.63) is 77.6 Å². The molecule has 0 fully saturated rings. The fourth-order valence-electron chi connectivity index (χ4n) is 4.86. The second-order valence-corrected chi connectivity index (χ2v) is 27.6. The van der Waals surface area contributed by atoms with E-state index in [1.807, 2.05) is 25.1 Å². The number of carbonyl (C=O) groups excluding carboxylic acids is 1. The van der Waals surface area contributed by atoms with Crippen molar-refractivity contribution in [3.8, 4) is 0 Å². The topological polar surface area (TPSA) is 97.4 Å². The molecule has 11 heteroatoms. The molecule has 0 N–H and O–H groups in total. The van der Waals surface area contributed by atoms with E-state index in [2.05, 4.69) is 86.8 Å². The van der Waals surface area contributed by atoms with Gasteiger partial charge in [-0.25, -0.2) is 4.79 Å². The van der Waals surface area contributed by atoms with Gasteiger partial charge >= 0.3 is 16.1 Å². The molecule has 0 aliphatic rings. The predicted molar refractivity (Wildman–Crippen MR) is 207 cm³/mol. The molecule has 282 valence electrons. The Labute approximate surface area is 305 Å². The number of carbonyl (C=O) groups is 1. The van der Waals surface area contributed by atoms with Crippen molar-refractivity contribution in [2.75, 3.05) is 13.7 Å². The van der Waals surface area contributed by atoms with E-state index >= 15 is 0 Å². The van der Waals surface area contributed by atoms with E-state index in [-0.39, 0.29) is 39.2 Å². The molecule has 0 radical (unpaired) electrons. The molecule has 8 nitrogen and oxygen atoms in total. The number of esters is 1. The van der Waals surface area contributed by atoms with Crippen LogP contribution in [0.25, 0.3) is 0 Å². The fourth-order valence-corrected chi connectivity index (χ4v) is 8.63. The molecule has 0 heterocycles. The number of hydrogen-bond acceptors (Lipinski definition) is 8. The van der Waals surface area contributed by atoms with Crippen LogP contribution in [0.5, 0.6) is 0 Å². The number of ether oxygens (including phenoxy) is 2. The Morgan fingerprint density at radius 2 is 1.42 bits per heavy atom. The second-order valence-electron chi connectivity index (χ2n) is 16.5. The van der Waals surface area contributed by atoms with Gasteiger partial charge in [-0.3, -0.25) is 0 Å². The molecule has 0 saturated carbocycles. The minimum Gasteiger partial charge on any atom is -0.466 e. The maximum Gasteiger partial charge on any atom is 0.338 e. The van der Waals surface area contributed by atoms with Crippen LogP contribution < -0.4 is 0 Å². The van der Waals surface area contributed by atoms with Gasteiger partial charge in [-0.05, 0) is 86.1 Å². The maximum absolute atomic E-state index is 13.5. The molecule has 0 unspecified atom stereocenters. The molecule has 2 rings (SSSR count). The minimum absolute atomic E-state index is 0.00275. The number of benzene rings is 2. The van der Waals surface area contributed by atoms with Crippen LogP contribution in [-0.2, 0) is 44.0 Å². The Balaban J connectivity index is 2.45. The Bertz CT molecular complexity index is 1470. The van der Waals surface area contributed by atoms with Crippen LogP contribution in [0.1, 0.15) is 85.3 Å². The normalized spacial score (nSPS) is 15.3. The highest BCUT2D eigenvalue weighted by atomic mass is 32.2. The van der Waals surface area contributed by atoms with Crippen molar-refractivity contribution in [2.45, 2.75) is 141 Å². The molecule has 0 spiro atoms. The molecule has 0 aliphatic heterocycles. The zero-order chi connectivity index (χ0) is 38.0. The summed E-state index contributed by atoms with van der Waals surface area (Å²) >= 11 is 0. The van der Waals surface area contributed by atoms with Gasteiger partial charge < -0.3 is 22.5 Å². The minimum atomic E-state index is -4.24. The van der Waals surface area contributed by atoms with Crippen molar-refractivity contribution in [1.82, 2.24) is 0 Å². The molecule has 2 aromatic carbocycles. The quantitative estimate of drug-likeness (QED) is 0.0350. The van der Waals surface area contributed by atoms with Crippen molar-refractivity contribution >= 4 is 32.7 Å². The maximum atomic E-state index is 13.5. The van der Waals surface area contributed by atoms with Crippen LogP contribution in [0.4, 0.5) is 0 Å². The highest BCUT2D eigenvalue weighted by molar-refractivity contribution is 7.86. The van der Waals surface area contributed by atoms with Crippen molar-refractivity contribution in [2.24, 2.45) is 5.92 Å². The van der Waals surface area contributed by atoms with Crippen LogP contribution in [0.15, 0.2) is 71.3 Å². The third-order valence-corrected chi connectivity index (χ3v) is 20.5. The predicted octanol–water partition coefficient (Wildman–Crippen LogP) is 9.95. The number of rotatable bonds is 19. The van der Waals surface area contributed by atoms with E-state index in [0.717, 1.165) is 30.0 Å². The van der Waals surface area contributed by atoms with Gasteiger partial charge in [0.25, 0.3) is 0 Å². The standard InChI is InChI=1S/C39H64O8SSi2/c1-30-21-23-35(24-22-30)48(41,42)45-33(28-37(40)43-9)26-34(46-49(10,11)38(3,4)5)27-36(47-50(12,13)39(6,7)8)31(2)18-17-25-44-29-32-19-15-14-16-20-32/h14-16,19-24,28,31,34,36H,17-18,25-27,29H2,1-13H3/b33-28+/t31-,34-,36-/m0/s1.